The van der Waals surface area contributed by atoms with E-state index in [2.05, 4.69) is 6.07 Å². The van der Waals surface area contributed by atoms with Gasteiger partial charge >= 0.3 is 5.97 Å². The van der Waals surface area contributed by atoms with Crippen molar-refractivity contribution in [2.75, 3.05) is 0 Å². The molecule has 0 saturated carbocycles. The molecule has 1 unspecified atom stereocenters. The van der Waals surface area contributed by atoms with Gasteiger partial charge in [-0.05, 0) is 31.4 Å². The van der Waals surface area contributed by atoms with Gasteiger partial charge in [-0.1, -0.05) is 17.7 Å². The van der Waals surface area contributed by atoms with Crippen LogP contribution >= 0.6 is 0 Å². The van der Waals surface area contributed by atoms with Gasteiger partial charge in [0.05, 0.1) is 6.42 Å². The number of benzene rings is 1. The Kier molecular flexibility index (Phi) is 2.62. The number of aliphatic carboxylic acids is 1. The van der Waals surface area contributed by atoms with Crippen LogP contribution in [0.4, 0.5) is 0 Å². The Bertz CT molecular complexity index is 384. The van der Waals surface area contributed by atoms with Gasteiger partial charge in [0.25, 0.3) is 0 Å². The van der Waals surface area contributed by atoms with Crippen LogP contribution in [0.2, 0.25) is 0 Å². The first-order valence-electron chi connectivity index (χ1n) is 5.13. The number of rotatable bonds is 2. The average molecular weight is 206 g/mol. The fourth-order valence-electron chi connectivity index (χ4n) is 1.91. The monoisotopic (exact) mass is 206 g/mol. The van der Waals surface area contributed by atoms with E-state index in [1.807, 2.05) is 19.1 Å². The highest BCUT2D eigenvalue weighted by atomic mass is 16.5. The van der Waals surface area contributed by atoms with E-state index >= 15 is 0 Å². The number of hydrogen-bond donors (Lipinski definition) is 1. The summed E-state index contributed by atoms with van der Waals surface area (Å²) in [6.07, 6.45) is 1.63. The molecule has 0 saturated heterocycles. The van der Waals surface area contributed by atoms with Gasteiger partial charge in [0.15, 0.2) is 0 Å². The highest BCUT2D eigenvalue weighted by molar-refractivity contribution is 5.67. The summed E-state index contributed by atoms with van der Waals surface area (Å²) in [6.45, 7) is 2.05. The van der Waals surface area contributed by atoms with E-state index in [9.17, 15) is 4.79 Å². The Balaban J connectivity index is 2.13. The first kappa shape index (κ1) is 10.0. The number of ether oxygens (including phenoxy) is 1. The summed E-state index contributed by atoms with van der Waals surface area (Å²) in [6, 6.07) is 6.02. The lowest BCUT2D eigenvalue weighted by atomic mass is 9.99. The zero-order valence-electron chi connectivity index (χ0n) is 8.69. The summed E-state index contributed by atoms with van der Waals surface area (Å²) in [5.74, 6) is 0.0497. The van der Waals surface area contributed by atoms with Crippen LogP contribution in [0.25, 0.3) is 0 Å². The lowest BCUT2D eigenvalue weighted by Gasteiger charge is -2.25. The molecule has 1 aliphatic heterocycles. The average Bonchev–Trinajstić information content (AvgIpc) is 2.17. The van der Waals surface area contributed by atoms with E-state index in [4.69, 9.17) is 9.84 Å². The van der Waals surface area contributed by atoms with E-state index in [-0.39, 0.29) is 12.5 Å². The Hall–Kier alpha value is -1.51. The van der Waals surface area contributed by atoms with Crippen molar-refractivity contribution < 1.29 is 14.6 Å². The molecule has 1 heterocycles. The fraction of sp³-hybridized carbons (Fsp3) is 0.417. The van der Waals surface area contributed by atoms with Crippen LogP contribution in [0.5, 0.6) is 5.75 Å². The number of aryl methyl sites for hydroxylation is 2. The topological polar surface area (TPSA) is 46.5 Å². The van der Waals surface area contributed by atoms with Crippen LogP contribution in [-0.4, -0.2) is 17.2 Å². The summed E-state index contributed by atoms with van der Waals surface area (Å²) >= 11 is 0. The van der Waals surface area contributed by atoms with Crippen molar-refractivity contribution in [2.45, 2.75) is 32.3 Å². The molecule has 3 nitrogen and oxygen atoms in total. The van der Waals surface area contributed by atoms with Crippen molar-refractivity contribution in [3.63, 3.8) is 0 Å². The molecule has 0 bridgehead atoms. The van der Waals surface area contributed by atoms with E-state index in [0.29, 0.717) is 0 Å². The van der Waals surface area contributed by atoms with Crippen molar-refractivity contribution >= 4 is 5.97 Å². The SMILES string of the molecule is Cc1ccc2c(c1)CCC(CC(=O)O)O2. The lowest BCUT2D eigenvalue weighted by molar-refractivity contribution is -0.139. The van der Waals surface area contributed by atoms with Crippen molar-refractivity contribution in [1.29, 1.82) is 0 Å². The first-order chi connectivity index (χ1) is 7.15. The highest BCUT2D eigenvalue weighted by Gasteiger charge is 2.21. The smallest absolute Gasteiger partial charge is 0.307 e. The van der Waals surface area contributed by atoms with Crippen LogP contribution in [0.1, 0.15) is 24.0 Å². The molecule has 2 rings (SSSR count). The number of carboxylic acid groups (broad SMARTS) is 1. The maximum absolute atomic E-state index is 10.6. The van der Waals surface area contributed by atoms with Crippen LogP contribution in [0.15, 0.2) is 18.2 Å². The van der Waals surface area contributed by atoms with Gasteiger partial charge in [0.2, 0.25) is 0 Å². The zero-order chi connectivity index (χ0) is 10.8. The Labute approximate surface area is 88.7 Å². The third-order valence-electron chi connectivity index (χ3n) is 2.65. The summed E-state index contributed by atoms with van der Waals surface area (Å²) < 4.78 is 5.62. The van der Waals surface area contributed by atoms with E-state index in [1.165, 1.54) is 11.1 Å². The van der Waals surface area contributed by atoms with Crippen molar-refractivity contribution in [1.82, 2.24) is 0 Å². The maximum atomic E-state index is 10.6. The standard InChI is InChI=1S/C12H14O3/c1-8-2-5-11-9(6-8)3-4-10(15-11)7-12(13)14/h2,5-6,10H,3-4,7H2,1H3,(H,13,14). The van der Waals surface area contributed by atoms with Crippen LogP contribution in [0.3, 0.4) is 0 Å². The molecule has 15 heavy (non-hydrogen) atoms. The van der Waals surface area contributed by atoms with Crippen molar-refractivity contribution in [2.24, 2.45) is 0 Å². The van der Waals surface area contributed by atoms with E-state index in [1.54, 1.807) is 0 Å². The maximum Gasteiger partial charge on any atom is 0.307 e. The number of fused-ring (bicyclic) bond motifs is 1. The normalized spacial score (nSPS) is 19.1. The number of carboxylic acids is 1. The third-order valence-corrected chi connectivity index (χ3v) is 2.65. The first-order valence-corrected chi connectivity index (χ1v) is 5.13. The highest BCUT2D eigenvalue weighted by Crippen LogP contribution is 2.29. The van der Waals surface area contributed by atoms with Gasteiger partial charge in [-0.15, -0.1) is 0 Å². The molecule has 80 valence electrons. The molecule has 0 aromatic heterocycles. The molecule has 0 aliphatic carbocycles. The summed E-state index contributed by atoms with van der Waals surface area (Å²) in [5.41, 5.74) is 2.41. The predicted octanol–water partition coefficient (Wildman–Crippen LogP) is 2.16. The minimum absolute atomic E-state index is 0.0906. The molecular weight excluding hydrogens is 192 g/mol. The number of hydrogen-bond acceptors (Lipinski definition) is 2. The van der Waals surface area contributed by atoms with Crippen molar-refractivity contribution in [3.05, 3.63) is 29.3 Å². The van der Waals surface area contributed by atoms with Crippen LogP contribution in [0, 0.1) is 6.92 Å². The summed E-state index contributed by atoms with van der Waals surface area (Å²) in [5, 5.41) is 8.68. The molecule has 3 heteroatoms. The van der Waals surface area contributed by atoms with Crippen LogP contribution < -0.4 is 4.74 Å². The summed E-state index contributed by atoms with van der Waals surface area (Å²) in [4.78, 5) is 10.6. The second kappa shape index (κ2) is 3.93. The molecule has 0 fully saturated rings. The molecule has 1 aromatic carbocycles. The Morgan fingerprint density at radius 2 is 2.40 bits per heavy atom. The molecule has 1 aromatic rings. The molecule has 1 N–H and O–H groups in total. The predicted molar refractivity (Wildman–Crippen MR) is 56.2 cm³/mol. The van der Waals surface area contributed by atoms with Gasteiger partial charge in [0, 0.05) is 0 Å². The van der Waals surface area contributed by atoms with E-state index < -0.39 is 5.97 Å². The second-order valence-electron chi connectivity index (χ2n) is 3.99. The molecule has 1 atom stereocenters. The Morgan fingerprint density at radius 1 is 1.60 bits per heavy atom. The van der Waals surface area contributed by atoms with E-state index in [0.717, 1.165) is 18.6 Å². The van der Waals surface area contributed by atoms with Gasteiger partial charge in [-0.25, -0.2) is 0 Å². The molecule has 1 aliphatic rings. The fourth-order valence-corrected chi connectivity index (χ4v) is 1.91. The van der Waals surface area contributed by atoms with Crippen LogP contribution in [-0.2, 0) is 11.2 Å². The molecular formula is C12H14O3. The minimum atomic E-state index is -0.796. The molecule has 0 spiro atoms. The lowest BCUT2D eigenvalue weighted by Crippen LogP contribution is -2.25. The third kappa shape index (κ3) is 2.29. The summed E-state index contributed by atoms with van der Waals surface area (Å²) in [7, 11) is 0. The number of carbonyl (C=O) groups is 1. The van der Waals surface area contributed by atoms with Crippen molar-refractivity contribution in [3.8, 4) is 5.75 Å². The van der Waals surface area contributed by atoms with Gasteiger partial charge in [-0.2, -0.15) is 0 Å². The van der Waals surface area contributed by atoms with Gasteiger partial charge < -0.3 is 9.84 Å². The zero-order valence-corrected chi connectivity index (χ0v) is 8.69. The molecule has 0 amide bonds. The minimum Gasteiger partial charge on any atom is -0.490 e. The Morgan fingerprint density at radius 3 is 3.13 bits per heavy atom. The molecule has 0 radical (unpaired) electrons. The largest absolute Gasteiger partial charge is 0.490 e. The second-order valence-corrected chi connectivity index (χ2v) is 3.99. The van der Waals surface area contributed by atoms with Gasteiger partial charge in [-0.3, -0.25) is 4.79 Å². The quantitative estimate of drug-likeness (QED) is 0.806. The van der Waals surface area contributed by atoms with Gasteiger partial charge in [0.1, 0.15) is 11.9 Å².